The molecule has 4 nitrogen and oxygen atoms in total. The number of hydrogen-bond acceptors (Lipinski definition) is 3. The number of hydrazine groups is 1. The molecule has 2 aromatic carbocycles. The molecule has 0 saturated heterocycles. The summed E-state index contributed by atoms with van der Waals surface area (Å²) in [5, 5.41) is 0. The highest BCUT2D eigenvalue weighted by atomic mass is 16.2. The van der Waals surface area contributed by atoms with E-state index in [9.17, 15) is 4.79 Å². The Labute approximate surface area is 183 Å². The summed E-state index contributed by atoms with van der Waals surface area (Å²) in [5.74, 6) is 6.54. The topological polar surface area (TPSA) is 68.0 Å². The van der Waals surface area contributed by atoms with Gasteiger partial charge in [-0.05, 0) is 84.9 Å². The Hall–Kier alpha value is -2.98. The van der Waals surface area contributed by atoms with Crippen LogP contribution in [0.25, 0.3) is 0 Å². The zero-order valence-corrected chi connectivity index (χ0v) is 17.8. The molecule has 31 heavy (non-hydrogen) atoms. The highest BCUT2D eigenvalue weighted by Crippen LogP contribution is 2.60. The van der Waals surface area contributed by atoms with E-state index in [1.165, 1.54) is 42.4 Å². The van der Waals surface area contributed by atoms with Crippen molar-refractivity contribution in [1.82, 2.24) is 10.4 Å². The first-order valence-electron chi connectivity index (χ1n) is 11.3. The molecule has 4 heteroatoms. The van der Waals surface area contributed by atoms with E-state index in [2.05, 4.69) is 52.9 Å². The summed E-state index contributed by atoms with van der Waals surface area (Å²) < 4.78 is 0. The van der Waals surface area contributed by atoms with E-state index in [0.29, 0.717) is 11.5 Å². The van der Waals surface area contributed by atoms with E-state index in [-0.39, 0.29) is 11.3 Å². The molecule has 2 bridgehead atoms. The number of aryl methyl sites for hydroxylation is 2. The van der Waals surface area contributed by atoms with Crippen LogP contribution in [-0.2, 0) is 18.3 Å². The van der Waals surface area contributed by atoms with Gasteiger partial charge in [-0.2, -0.15) is 0 Å². The van der Waals surface area contributed by atoms with Gasteiger partial charge in [0.2, 0.25) is 0 Å². The van der Waals surface area contributed by atoms with Crippen molar-refractivity contribution in [3.63, 3.8) is 0 Å². The maximum absolute atomic E-state index is 11.9. The van der Waals surface area contributed by atoms with E-state index >= 15 is 0 Å². The molecule has 3 N–H and O–H groups in total. The van der Waals surface area contributed by atoms with Crippen LogP contribution in [0.4, 0.5) is 0 Å². The molecule has 2 saturated carbocycles. The monoisotopic (exact) mass is 411 g/mol. The third kappa shape index (κ3) is 3.66. The lowest BCUT2D eigenvalue weighted by Gasteiger charge is -2.39. The molecular weight excluding hydrogens is 382 g/mol. The average molecular weight is 412 g/mol. The number of benzene rings is 2. The Kier molecular flexibility index (Phi) is 5.33. The number of nitrogens with one attached hydrogen (secondary N) is 1. The van der Waals surface area contributed by atoms with Gasteiger partial charge in [0.05, 0.1) is 0 Å². The fourth-order valence-corrected chi connectivity index (χ4v) is 5.99. The van der Waals surface area contributed by atoms with Gasteiger partial charge in [0.25, 0.3) is 5.91 Å². The van der Waals surface area contributed by atoms with Crippen LogP contribution < -0.4 is 11.3 Å². The van der Waals surface area contributed by atoms with Crippen LogP contribution in [0.15, 0.2) is 72.9 Å². The number of fused-ring (bicyclic) bond motifs is 2. The molecule has 0 radical (unpaired) electrons. The van der Waals surface area contributed by atoms with Crippen LogP contribution >= 0.6 is 0 Å². The van der Waals surface area contributed by atoms with Crippen LogP contribution in [-0.4, -0.2) is 10.9 Å². The number of nitrogen functional groups attached to an aromatic ring is 1. The van der Waals surface area contributed by atoms with Crippen molar-refractivity contribution in [3.05, 3.63) is 101 Å². The fourth-order valence-electron chi connectivity index (χ4n) is 5.99. The molecule has 2 fully saturated rings. The first-order valence-corrected chi connectivity index (χ1v) is 11.3. The minimum Gasteiger partial charge on any atom is -0.290 e. The van der Waals surface area contributed by atoms with Gasteiger partial charge in [-0.3, -0.25) is 15.2 Å². The third-order valence-electron chi connectivity index (χ3n) is 7.51. The molecule has 1 heterocycles. The largest absolute Gasteiger partial charge is 0.290 e. The first kappa shape index (κ1) is 20.0. The number of amides is 1. The van der Waals surface area contributed by atoms with Gasteiger partial charge in [0.1, 0.15) is 0 Å². The number of nitrogens with two attached hydrogens (primary N) is 1. The molecule has 1 unspecified atom stereocenters. The van der Waals surface area contributed by atoms with Gasteiger partial charge in [-0.1, -0.05) is 48.9 Å². The van der Waals surface area contributed by atoms with E-state index in [0.717, 1.165) is 24.5 Å². The van der Waals surface area contributed by atoms with Crippen molar-refractivity contribution >= 4 is 5.91 Å². The zero-order chi connectivity index (χ0) is 21.3. The maximum atomic E-state index is 11.9. The van der Waals surface area contributed by atoms with Crippen molar-refractivity contribution in [2.24, 2.45) is 17.7 Å². The highest BCUT2D eigenvalue weighted by molar-refractivity contribution is 5.93. The molecule has 0 aliphatic heterocycles. The Morgan fingerprint density at radius 3 is 2.29 bits per heavy atom. The van der Waals surface area contributed by atoms with Gasteiger partial charge in [0, 0.05) is 22.9 Å². The van der Waals surface area contributed by atoms with Gasteiger partial charge in [0.15, 0.2) is 0 Å². The SMILES string of the molecule is NNC(=O)c1ccc([C@]2(c3ccc(CCc4ccccn4)cc3)CC3CC[C@@H]2C3)cc1. The smallest absolute Gasteiger partial charge is 0.265 e. The van der Waals surface area contributed by atoms with Crippen molar-refractivity contribution in [2.75, 3.05) is 0 Å². The summed E-state index contributed by atoms with van der Waals surface area (Å²) in [6, 6.07) is 23.5. The molecule has 3 atom stereocenters. The van der Waals surface area contributed by atoms with Gasteiger partial charge in [-0.25, -0.2) is 5.84 Å². The summed E-state index contributed by atoms with van der Waals surface area (Å²) in [7, 11) is 0. The maximum Gasteiger partial charge on any atom is 0.265 e. The van der Waals surface area contributed by atoms with Crippen molar-refractivity contribution in [3.8, 4) is 0 Å². The number of nitrogens with zero attached hydrogens (tertiary/aromatic N) is 1. The fraction of sp³-hybridized carbons (Fsp3) is 0.333. The number of hydrogen-bond donors (Lipinski definition) is 2. The number of carbonyl (C=O) groups is 1. The summed E-state index contributed by atoms with van der Waals surface area (Å²) in [6.07, 6.45) is 8.97. The van der Waals surface area contributed by atoms with Crippen LogP contribution in [0.2, 0.25) is 0 Å². The lowest BCUT2D eigenvalue weighted by atomic mass is 9.64. The van der Waals surface area contributed by atoms with Crippen LogP contribution in [0.3, 0.4) is 0 Å². The zero-order valence-electron chi connectivity index (χ0n) is 17.8. The third-order valence-corrected chi connectivity index (χ3v) is 7.51. The second-order valence-electron chi connectivity index (χ2n) is 9.12. The number of aromatic nitrogens is 1. The predicted octanol–water partition coefficient (Wildman–Crippen LogP) is 4.58. The molecule has 0 spiro atoms. The lowest BCUT2D eigenvalue weighted by Crippen LogP contribution is -2.34. The quantitative estimate of drug-likeness (QED) is 0.354. The number of pyridine rings is 1. The molecule has 1 aromatic heterocycles. The van der Waals surface area contributed by atoms with E-state index < -0.39 is 0 Å². The minimum atomic E-state index is -0.245. The Bertz CT molecular complexity index is 1050. The summed E-state index contributed by atoms with van der Waals surface area (Å²) in [5.41, 5.74) is 8.12. The van der Waals surface area contributed by atoms with Crippen LogP contribution in [0, 0.1) is 11.8 Å². The second kappa shape index (κ2) is 8.27. The normalized spacial score (nSPS) is 24.3. The molecule has 5 rings (SSSR count). The predicted molar refractivity (Wildman–Crippen MR) is 122 cm³/mol. The van der Waals surface area contributed by atoms with E-state index in [1.807, 2.05) is 30.5 Å². The van der Waals surface area contributed by atoms with Crippen LogP contribution in [0.1, 0.15) is 58.4 Å². The molecule has 2 aliphatic rings. The summed E-state index contributed by atoms with van der Waals surface area (Å²) >= 11 is 0. The Balaban J connectivity index is 1.42. The average Bonchev–Trinajstić information content (AvgIpc) is 3.46. The lowest BCUT2D eigenvalue weighted by molar-refractivity contribution is 0.0953. The molecule has 3 aromatic rings. The van der Waals surface area contributed by atoms with Gasteiger partial charge in [-0.15, -0.1) is 0 Å². The Morgan fingerprint density at radius 1 is 0.968 bits per heavy atom. The highest BCUT2D eigenvalue weighted by Gasteiger charge is 2.52. The number of carbonyl (C=O) groups excluding carboxylic acids is 1. The van der Waals surface area contributed by atoms with Gasteiger partial charge >= 0.3 is 0 Å². The van der Waals surface area contributed by atoms with Crippen molar-refractivity contribution in [2.45, 2.75) is 43.9 Å². The van der Waals surface area contributed by atoms with E-state index in [1.54, 1.807) is 0 Å². The van der Waals surface area contributed by atoms with E-state index in [4.69, 9.17) is 5.84 Å². The van der Waals surface area contributed by atoms with Crippen LogP contribution in [0.5, 0.6) is 0 Å². The second-order valence-corrected chi connectivity index (χ2v) is 9.12. The summed E-state index contributed by atoms with van der Waals surface area (Å²) in [6.45, 7) is 0. The molecule has 158 valence electrons. The number of rotatable bonds is 6. The summed E-state index contributed by atoms with van der Waals surface area (Å²) in [4.78, 5) is 16.3. The standard InChI is InChI=1S/C27H29N3O/c28-30-26(31)21-8-13-23(14-9-21)27(18-20-6-12-24(27)17-20)22-10-4-19(5-11-22)7-15-25-3-1-2-16-29-25/h1-5,8-11,13-14,16,20,24H,6-7,12,15,17-18,28H2,(H,30,31)/t20?,24-,27-/m1/s1. The van der Waals surface area contributed by atoms with Gasteiger partial charge < -0.3 is 0 Å². The molecular formula is C27H29N3O. The molecule has 1 amide bonds. The minimum absolute atomic E-state index is 0.0557. The van der Waals surface area contributed by atoms with Crippen molar-refractivity contribution < 1.29 is 4.79 Å². The first-order chi connectivity index (χ1) is 15.2. The van der Waals surface area contributed by atoms with Crippen molar-refractivity contribution in [1.29, 1.82) is 0 Å². The Morgan fingerprint density at radius 2 is 1.71 bits per heavy atom. The molecule has 2 aliphatic carbocycles.